The van der Waals surface area contributed by atoms with Crippen molar-refractivity contribution in [1.82, 2.24) is 0 Å². The van der Waals surface area contributed by atoms with Gasteiger partial charge in [-0.25, -0.2) is 0 Å². The summed E-state index contributed by atoms with van der Waals surface area (Å²) in [6.07, 6.45) is -1.03. The maximum atomic E-state index is 9.30. The van der Waals surface area contributed by atoms with Crippen LogP contribution in [0.25, 0.3) is 0 Å². The van der Waals surface area contributed by atoms with Crippen molar-refractivity contribution in [3.8, 4) is 0 Å². The summed E-state index contributed by atoms with van der Waals surface area (Å²) < 4.78 is 9.92. The lowest BCUT2D eigenvalue weighted by molar-refractivity contribution is -0.174. The van der Waals surface area contributed by atoms with Crippen molar-refractivity contribution in [3.05, 3.63) is 12.7 Å². The van der Waals surface area contributed by atoms with Gasteiger partial charge in [-0.05, 0) is 6.92 Å². The van der Waals surface area contributed by atoms with E-state index in [-0.39, 0.29) is 19.8 Å². The molecule has 3 unspecified atom stereocenters. The van der Waals surface area contributed by atoms with Crippen LogP contribution in [0.1, 0.15) is 6.92 Å². The van der Waals surface area contributed by atoms with E-state index in [0.717, 1.165) is 0 Å². The third kappa shape index (κ3) is 6.06. The van der Waals surface area contributed by atoms with Crippen LogP contribution in [0.2, 0.25) is 0 Å². The minimum absolute atomic E-state index is 0.0355. The molecule has 0 amide bonds. The highest BCUT2D eigenvalue weighted by atomic mass is 16.6. The molecule has 14 heavy (non-hydrogen) atoms. The van der Waals surface area contributed by atoms with Crippen molar-refractivity contribution in [3.63, 3.8) is 0 Å². The molecule has 0 spiro atoms. The minimum Gasteiger partial charge on any atom is -0.394 e. The monoisotopic (exact) mass is 206 g/mol. The normalized spacial score (nSPS) is 17.4. The van der Waals surface area contributed by atoms with Gasteiger partial charge in [0.2, 0.25) is 0 Å². The summed E-state index contributed by atoms with van der Waals surface area (Å²) in [5.74, 6) is 0. The van der Waals surface area contributed by atoms with Crippen molar-refractivity contribution in [2.45, 2.75) is 25.4 Å². The SMILES string of the molecule is C=CCOC(O)C(C)OCC(O)CO. The highest BCUT2D eigenvalue weighted by Gasteiger charge is 2.15. The second-order valence-electron chi connectivity index (χ2n) is 2.89. The maximum absolute atomic E-state index is 9.30. The fourth-order valence-corrected chi connectivity index (χ4v) is 0.700. The van der Waals surface area contributed by atoms with E-state index >= 15 is 0 Å². The van der Waals surface area contributed by atoms with Gasteiger partial charge in [0.15, 0.2) is 6.29 Å². The Morgan fingerprint density at radius 2 is 2.00 bits per heavy atom. The highest BCUT2D eigenvalue weighted by Crippen LogP contribution is 2.01. The maximum Gasteiger partial charge on any atom is 0.181 e. The van der Waals surface area contributed by atoms with Crippen molar-refractivity contribution in [2.75, 3.05) is 19.8 Å². The molecule has 84 valence electrons. The van der Waals surface area contributed by atoms with Crippen molar-refractivity contribution in [1.29, 1.82) is 0 Å². The van der Waals surface area contributed by atoms with Gasteiger partial charge in [-0.1, -0.05) is 6.08 Å². The molecule has 0 bridgehead atoms. The second-order valence-corrected chi connectivity index (χ2v) is 2.89. The fourth-order valence-electron chi connectivity index (χ4n) is 0.700. The molecule has 0 aliphatic rings. The van der Waals surface area contributed by atoms with E-state index < -0.39 is 18.5 Å². The molecule has 0 rings (SSSR count). The molecule has 3 N–H and O–H groups in total. The predicted octanol–water partition coefficient (Wildman–Crippen LogP) is -0.734. The Labute approximate surface area is 83.6 Å². The summed E-state index contributed by atoms with van der Waals surface area (Å²) in [5, 5.41) is 26.7. The van der Waals surface area contributed by atoms with Gasteiger partial charge in [0.05, 0.1) is 19.8 Å². The fraction of sp³-hybridized carbons (Fsp3) is 0.778. The molecule has 5 nitrogen and oxygen atoms in total. The summed E-state index contributed by atoms with van der Waals surface area (Å²) >= 11 is 0. The van der Waals surface area contributed by atoms with E-state index in [9.17, 15) is 5.11 Å². The van der Waals surface area contributed by atoms with Crippen molar-refractivity contribution < 1.29 is 24.8 Å². The topological polar surface area (TPSA) is 79.2 Å². The zero-order chi connectivity index (χ0) is 11.0. The zero-order valence-corrected chi connectivity index (χ0v) is 8.30. The van der Waals surface area contributed by atoms with E-state index in [1.807, 2.05) is 0 Å². The van der Waals surface area contributed by atoms with E-state index in [1.165, 1.54) is 6.08 Å². The molecule has 0 radical (unpaired) electrons. The van der Waals surface area contributed by atoms with Crippen LogP contribution in [-0.2, 0) is 9.47 Å². The van der Waals surface area contributed by atoms with Crippen LogP contribution in [-0.4, -0.2) is 53.6 Å². The van der Waals surface area contributed by atoms with Gasteiger partial charge in [-0.2, -0.15) is 0 Å². The summed E-state index contributed by atoms with van der Waals surface area (Å²) in [7, 11) is 0. The van der Waals surface area contributed by atoms with Crippen LogP contribution in [0.5, 0.6) is 0 Å². The molecule has 0 aliphatic heterocycles. The Morgan fingerprint density at radius 1 is 1.36 bits per heavy atom. The van der Waals surface area contributed by atoms with Crippen LogP contribution in [0.4, 0.5) is 0 Å². The Morgan fingerprint density at radius 3 is 2.50 bits per heavy atom. The lowest BCUT2D eigenvalue weighted by Gasteiger charge is -2.20. The number of aliphatic hydroxyl groups is 3. The van der Waals surface area contributed by atoms with Crippen LogP contribution >= 0.6 is 0 Å². The van der Waals surface area contributed by atoms with Crippen LogP contribution in [0.15, 0.2) is 12.7 Å². The lowest BCUT2D eigenvalue weighted by Crippen LogP contribution is -2.32. The second kappa shape index (κ2) is 7.90. The molecule has 0 aliphatic carbocycles. The molecule has 0 aromatic carbocycles. The zero-order valence-electron chi connectivity index (χ0n) is 8.30. The van der Waals surface area contributed by atoms with Gasteiger partial charge in [0.1, 0.15) is 12.2 Å². The Bertz CT molecular complexity index is 150. The summed E-state index contributed by atoms with van der Waals surface area (Å²) in [6.45, 7) is 4.87. The quantitative estimate of drug-likeness (QED) is 0.360. The molecule has 0 fully saturated rings. The number of rotatable bonds is 8. The molecular formula is C9H18O5. The molecular weight excluding hydrogens is 188 g/mol. The molecule has 0 heterocycles. The highest BCUT2D eigenvalue weighted by molar-refractivity contribution is 4.66. The number of hydrogen-bond acceptors (Lipinski definition) is 5. The van der Waals surface area contributed by atoms with Gasteiger partial charge in [0, 0.05) is 0 Å². The molecule has 0 saturated carbocycles. The Hall–Kier alpha value is -0.460. The Balaban J connectivity index is 3.60. The number of hydrogen-bond donors (Lipinski definition) is 3. The summed E-state index contributed by atoms with van der Waals surface area (Å²) in [5.41, 5.74) is 0. The van der Waals surface area contributed by atoms with E-state index in [0.29, 0.717) is 0 Å². The number of ether oxygens (including phenoxy) is 2. The molecule has 3 atom stereocenters. The van der Waals surface area contributed by atoms with E-state index in [1.54, 1.807) is 6.92 Å². The molecule has 5 heteroatoms. The van der Waals surface area contributed by atoms with Crippen LogP contribution in [0, 0.1) is 0 Å². The van der Waals surface area contributed by atoms with Gasteiger partial charge in [-0.3, -0.25) is 0 Å². The Kier molecular flexibility index (Phi) is 7.64. The van der Waals surface area contributed by atoms with Crippen molar-refractivity contribution in [2.24, 2.45) is 0 Å². The molecule has 0 aromatic heterocycles. The van der Waals surface area contributed by atoms with Gasteiger partial charge in [-0.15, -0.1) is 6.58 Å². The molecule has 0 aromatic rings. The van der Waals surface area contributed by atoms with E-state index in [2.05, 4.69) is 6.58 Å². The largest absolute Gasteiger partial charge is 0.394 e. The first-order valence-corrected chi connectivity index (χ1v) is 4.43. The summed E-state index contributed by atoms with van der Waals surface area (Å²) in [4.78, 5) is 0. The first-order chi connectivity index (χ1) is 6.61. The third-order valence-electron chi connectivity index (χ3n) is 1.55. The van der Waals surface area contributed by atoms with Gasteiger partial charge < -0.3 is 24.8 Å². The van der Waals surface area contributed by atoms with Crippen LogP contribution in [0.3, 0.4) is 0 Å². The predicted molar refractivity (Wildman–Crippen MR) is 50.7 cm³/mol. The minimum atomic E-state index is -1.06. The average Bonchev–Trinajstić information content (AvgIpc) is 2.21. The average molecular weight is 206 g/mol. The summed E-state index contributed by atoms with van der Waals surface area (Å²) in [6, 6.07) is 0. The van der Waals surface area contributed by atoms with Crippen molar-refractivity contribution >= 4 is 0 Å². The smallest absolute Gasteiger partial charge is 0.181 e. The van der Waals surface area contributed by atoms with E-state index in [4.69, 9.17) is 19.7 Å². The lowest BCUT2D eigenvalue weighted by atomic mass is 10.3. The first-order valence-electron chi connectivity index (χ1n) is 4.43. The number of aliphatic hydroxyl groups excluding tert-OH is 3. The van der Waals surface area contributed by atoms with Gasteiger partial charge >= 0.3 is 0 Å². The third-order valence-corrected chi connectivity index (χ3v) is 1.55. The van der Waals surface area contributed by atoms with Crippen LogP contribution < -0.4 is 0 Å². The first kappa shape index (κ1) is 13.5. The molecule has 0 saturated heterocycles. The van der Waals surface area contributed by atoms with Gasteiger partial charge in [0.25, 0.3) is 0 Å². The standard InChI is InChI=1S/C9H18O5/c1-3-4-13-9(12)7(2)14-6-8(11)5-10/h3,7-12H,1,4-6H2,2H3.